The maximum absolute atomic E-state index is 11.2. The lowest BCUT2D eigenvalue weighted by Crippen LogP contribution is -2.12. The zero-order valence-corrected chi connectivity index (χ0v) is 12.2. The van der Waals surface area contributed by atoms with E-state index in [0.29, 0.717) is 11.4 Å². The Balaban J connectivity index is 2.35. The molecule has 0 saturated heterocycles. The first kappa shape index (κ1) is 14.4. The van der Waals surface area contributed by atoms with Gasteiger partial charge in [-0.1, -0.05) is 6.07 Å². The molecule has 0 unspecified atom stereocenters. The number of aryl methyl sites for hydroxylation is 2. The highest BCUT2D eigenvalue weighted by Crippen LogP contribution is 2.26. The van der Waals surface area contributed by atoms with Gasteiger partial charge in [-0.15, -0.1) is 0 Å². The summed E-state index contributed by atoms with van der Waals surface area (Å²) >= 11 is 0. The molecule has 5 nitrogen and oxygen atoms in total. The van der Waals surface area contributed by atoms with Gasteiger partial charge in [0.15, 0.2) is 0 Å². The maximum atomic E-state index is 11.2. The lowest BCUT2D eigenvalue weighted by molar-refractivity contribution is 0.598. The van der Waals surface area contributed by atoms with Crippen LogP contribution in [0.1, 0.15) is 11.1 Å². The van der Waals surface area contributed by atoms with Crippen molar-refractivity contribution in [3.8, 4) is 0 Å². The van der Waals surface area contributed by atoms with Crippen molar-refractivity contribution in [2.75, 3.05) is 11.1 Å². The van der Waals surface area contributed by atoms with E-state index in [-0.39, 0.29) is 4.90 Å². The zero-order chi connectivity index (χ0) is 14.9. The zero-order valence-electron chi connectivity index (χ0n) is 11.3. The SMILES string of the molecule is Cc1cc(C)cc(Nc2ccc(S(N)(=O)=O)cc2N)c1. The van der Waals surface area contributed by atoms with Crippen molar-refractivity contribution < 1.29 is 8.42 Å². The van der Waals surface area contributed by atoms with Crippen LogP contribution in [0.25, 0.3) is 0 Å². The molecule has 106 valence electrons. The van der Waals surface area contributed by atoms with E-state index in [4.69, 9.17) is 10.9 Å². The number of hydrogen-bond donors (Lipinski definition) is 3. The van der Waals surface area contributed by atoms with Gasteiger partial charge in [0.1, 0.15) is 0 Å². The monoisotopic (exact) mass is 291 g/mol. The number of nitrogen functional groups attached to an aromatic ring is 1. The fraction of sp³-hybridized carbons (Fsp3) is 0.143. The minimum Gasteiger partial charge on any atom is -0.397 e. The minimum absolute atomic E-state index is 0.000901. The summed E-state index contributed by atoms with van der Waals surface area (Å²) < 4.78 is 22.5. The Morgan fingerprint density at radius 1 is 1.00 bits per heavy atom. The fourth-order valence-corrected chi connectivity index (χ4v) is 2.58. The van der Waals surface area contributed by atoms with Gasteiger partial charge < -0.3 is 11.1 Å². The summed E-state index contributed by atoms with van der Waals surface area (Å²) in [5.74, 6) is 0. The second-order valence-corrected chi connectivity index (χ2v) is 6.36. The Labute approximate surface area is 118 Å². The Hall–Kier alpha value is -2.05. The summed E-state index contributed by atoms with van der Waals surface area (Å²) in [5, 5.41) is 8.24. The normalized spacial score (nSPS) is 11.3. The quantitative estimate of drug-likeness (QED) is 0.755. The third kappa shape index (κ3) is 3.28. The van der Waals surface area contributed by atoms with Crippen molar-refractivity contribution in [1.82, 2.24) is 0 Å². The van der Waals surface area contributed by atoms with E-state index in [0.717, 1.165) is 16.8 Å². The Bertz CT molecular complexity index is 735. The molecule has 2 aromatic carbocycles. The molecular formula is C14H17N3O2S. The molecule has 0 aromatic heterocycles. The highest BCUT2D eigenvalue weighted by atomic mass is 32.2. The molecule has 0 bridgehead atoms. The third-order valence-electron chi connectivity index (χ3n) is 2.85. The highest BCUT2D eigenvalue weighted by Gasteiger charge is 2.10. The first-order valence-corrected chi connectivity index (χ1v) is 7.58. The number of rotatable bonds is 3. The van der Waals surface area contributed by atoms with Gasteiger partial charge in [-0.05, 0) is 55.3 Å². The van der Waals surface area contributed by atoms with E-state index in [1.165, 1.54) is 12.1 Å². The molecule has 0 spiro atoms. The molecule has 2 rings (SSSR count). The molecule has 0 radical (unpaired) electrons. The topological polar surface area (TPSA) is 98.2 Å². The summed E-state index contributed by atoms with van der Waals surface area (Å²) in [6, 6.07) is 10.4. The molecule has 0 amide bonds. The molecule has 0 atom stereocenters. The van der Waals surface area contributed by atoms with E-state index in [9.17, 15) is 8.42 Å². The van der Waals surface area contributed by atoms with Gasteiger partial charge in [0.25, 0.3) is 0 Å². The van der Waals surface area contributed by atoms with Crippen LogP contribution in [0.5, 0.6) is 0 Å². The minimum atomic E-state index is -3.74. The summed E-state index contributed by atoms with van der Waals surface area (Å²) in [6.45, 7) is 4.01. The van der Waals surface area contributed by atoms with Crippen LogP contribution < -0.4 is 16.2 Å². The predicted octanol–water partition coefficient (Wildman–Crippen LogP) is 2.28. The lowest BCUT2D eigenvalue weighted by Gasteiger charge is -2.12. The molecule has 5 N–H and O–H groups in total. The Morgan fingerprint density at radius 3 is 2.10 bits per heavy atom. The Kier molecular flexibility index (Phi) is 3.69. The van der Waals surface area contributed by atoms with Crippen LogP contribution in [0, 0.1) is 13.8 Å². The average molecular weight is 291 g/mol. The number of nitrogens with two attached hydrogens (primary N) is 2. The maximum Gasteiger partial charge on any atom is 0.238 e. The molecule has 0 aliphatic rings. The highest BCUT2D eigenvalue weighted by molar-refractivity contribution is 7.89. The van der Waals surface area contributed by atoms with Gasteiger partial charge in [-0.25, -0.2) is 13.6 Å². The number of hydrogen-bond acceptors (Lipinski definition) is 4. The van der Waals surface area contributed by atoms with Gasteiger partial charge in [-0.3, -0.25) is 0 Å². The van der Waals surface area contributed by atoms with Crippen molar-refractivity contribution >= 4 is 27.1 Å². The first-order valence-electron chi connectivity index (χ1n) is 6.03. The molecule has 20 heavy (non-hydrogen) atoms. The van der Waals surface area contributed by atoms with Gasteiger partial charge in [0.05, 0.1) is 16.3 Å². The first-order chi connectivity index (χ1) is 9.25. The van der Waals surface area contributed by atoms with Gasteiger partial charge in [-0.2, -0.15) is 0 Å². The number of anilines is 3. The molecule has 6 heteroatoms. The predicted molar refractivity (Wildman–Crippen MR) is 81.4 cm³/mol. The second-order valence-electron chi connectivity index (χ2n) is 4.80. The van der Waals surface area contributed by atoms with E-state index in [1.807, 2.05) is 26.0 Å². The van der Waals surface area contributed by atoms with Crippen LogP contribution in [0.4, 0.5) is 17.1 Å². The van der Waals surface area contributed by atoms with Crippen LogP contribution in [0.2, 0.25) is 0 Å². The van der Waals surface area contributed by atoms with Crippen molar-refractivity contribution in [1.29, 1.82) is 0 Å². The van der Waals surface area contributed by atoms with Crippen LogP contribution in [0.15, 0.2) is 41.3 Å². The molecule has 0 aliphatic heterocycles. The van der Waals surface area contributed by atoms with Crippen LogP contribution in [-0.2, 0) is 10.0 Å². The number of nitrogens with one attached hydrogen (secondary N) is 1. The molecule has 0 saturated carbocycles. The smallest absolute Gasteiger partial charge is 0.238 e. The molecule has 0 aliphatic carbocycles. The summed E-state index contributed by atoms with van der Waals surface area (Å²) in [5.41, 5.74) is 9.99. The lowest BCUT2D eigenvalue weighted by atomic mass is 10.1. The molecule has 0 heterocycles. The molecule has 0 fully saturated rings. The molecule has 2 aromatic rings. The third-order valence-corrected chi connectivity index (χ3v) is 3.76. The van der Waals surface area contributed by atoms with Crippen LogP contribution >= 0.6 is 0 Å². The standard InChI is InChI=1S/C14H17N3O2S/c1-9-5-10(2)7-11(6-9)17-14-4-3-12(8-13(14)15)20(16,18)19/h3-8,17H,15H2,1-2H3,(H2,16,18,19). The second kappa shape index (κ2) is 5.15. The van der Waals surface area contributed by atoms with Crippen LogP contribution in [-0.4, -0.2) is 8.42 Å². The summed E-state index contributed by atoms with van der Waals surface area (Å²) in [4.78, 5) is 0.000901. The van der Waals surface area contributed by atoms with Crippen molar-refractivity contribution in [2.45, 2.75) is 18.7 Å². The summed E-state index contributed by atoms with van der Waals surface area (Å²) in [6.07, 6.45) is 0. The van der Waals surface area contributed by atoms with Crippen molar-refractivity contribution in [2.24, 2.45) is 5.14 Å². The summed E-state index contributed by atoms with van der Waals surface area (Å²) in [7, 11) is -3.74. The van der Waals surface area contributed by atoms with Gasteiger partial charge in [0, 0.05) is 5.69 Å². The van der Waals surface area contributed by atoms with E-state index in [1.54, 1.807) is 6.07 Å². The number of primary sulfonamides is 1. The van der Waals surface area contributed by atoms with Crippen LogP contribution in [0.3, 0.4) is 0 Å². The molecular weight excluding hydrogens is 274 g/mol. The van der Waals surface area contributed by atoms with Crippen molar-refractivity contribution in [3.63, 3.8) is 0 Å². The average Bonchev–Trinajstić information content (AvgIpc) is 2.29. The fourth-order valence-electron chi connectivity index (χ4n) is 2.03. The van der Waals surface area contributed by atoms with E-state index in [2.05, 4.69) is 11.4 Å². The van der Waals surface area contributed by atoms with Crippen molar-refractivity contribution in [3.05, 3.63) is 47.5 Å². The van der Waals surface area contributed by atoms with Gasteiger partial charge in [0.2, 0.25) is 10.0 Å². The van der Waals surface area contributed by atoms with E-state index >= 15 is 0 Å². The van der Waals surface area contributed by atoms with Gasteiger partial charge >= 0.3 is 0 Å². The number of benzene rings is 2. The number of sulfonamides is 1. The largest absolute Gasteiger partial charge is 0.397 e. The Morgan fingerprint density at radius 2 is 1.60 bits per heavy atom. The van der Waals surface area contributed by atoms with E-state index < -0.39 is 10.0 Å².